The van der Waals surface area contributed by atoms with Gasteiger partial charge in [-0.3, -0.25) is 0 Å². The Balaban J connectivity index is 2.16. The third-order valence-corrected chi connectivity index (χ3v) is 2.51. The Morgan fingerprint density at radius 3 is 2.92 bits per heavy atom. The predicted octanol–water partition coefficient (Wildman–Crippen LogP) is 2.87. The third kappa shape index (κ3) is 3.40. The molecule has 1 nitrogen and oxygen atoms in total. The molecule has 1 aliphatic carbocycles. The molecule has 0 aromatic rings. The minimum absolute atomic E-state index is 0.700. The average Bonchev–Trinajstić information content (AvgIpc) is 2.06. The first-order valence-corrected chi connectivity index (χ1v) is 5.24. The van der Waals surface area contributed by atoms with Crippen LogP contribution in [0.2, 0.25) is 0 Å². The third-order valence-electron chi connectivity index (χ3n) is 2.51. The number of rotatable bonds is 4. The van der Waals surface area contributed by atoms with Gasteiger partial charge in [0, 0.05) is 12.1 Å². The zero-order chi connectivity index (χ0) is 8.81. The van der Waals surface area contributed by atoms with Crippen LogP contribution >= 0.6 is 0 Å². The first kappa shape index (κ1) is 9.79. The molecule has 0 fully saturated rings. The second-order valence-corrected chi connectivity index (χ2v) is 3.84. The maximum Gasteiger partial charge on any atom is 0.0107 e. The smallest absolute Gasteiger partial charge is 0.0107 e. The van der Waals surface area contributed by atoms with Crippen molar-refractivity contribution in [2.75, 3.05) is 0 Å². The van der Waals surface area contributed by atoms with E-state index in [9.17, 15) is 0 Å². The highest BCUT2D eigenvalue weighted by Gasteiger charge is 2.11. The normalized spacial score (nSPS) is 25.7. The number of hydrogen-bond acceptors (Lipinski definition) is 1. The summed E-state index contributed by atoms with van der Waals surface area (Å²) in [7, 11) is 0. The van der Waals surface area contributed by atoms with E-state index in [0.717, 1.165) is 6.04 Å². The van der Waals surface area contributed by atoms with Crippen molar-refractivity contribution in [1.29, 1.82) is 0 Å². The minimum atomic E-state index is 0.700. The maximum absolute atomic E-state index is 3.67. The molecule has 0 bridgehead atoms. The minimum Gasteiger partial charge on any atom is -0.311 e. The van der Waals surface area contributed by atoms with E-state index in [1.165, 1.54) is 32.1 Å². The molecule has 0 saturated carbocycles. The van der Waals surface area contributed by atoms with Gasteiger partial charge < -0.3 is 5.32 Å². The molecular weight excluding hydrogens is 146 g/mol. The van der Waals surface area contributed by atoms with Crippen molar-refractivity contribution in [3.63, 3.8) is 0 Å². The van der Waals surface area contributed by atoms with Crippen molar-refractivity contribution in [3.8, 4) is 0 Å². The quantitative estimate of drug-likeness (QED) is 0.635. The van der Waals surface area contributed by atoms with Crippen LogP contribution in [0.15, 0.2) is 12.2 Å². The van der Waals surface area contributed by atoms with Gasteiger partial charge in [0.25, 0.3) is 0 Å². The SMILES string of the molecule is CCCC(C)NC1CC=CCC1. The zero-order valence-electron chi connectivity index (χ0n) is 8.34. The molecule has 0 saturated heterocycles. The summed E-state index contributed by atoms with van der Waals surface area (Å²) < 4.78 is 0. The maximum atomic E-state index is 3.67. The van der Waals surface area contributed by atoms with Crippen LogP contribution in [0.3, 0.4) is 0 Å². The molecule has 0 amide bonds. The lowest BCUT2D eigenvalue weighted by atomic mass is 10.0. The lowest BCUT2D eigenvalue weighted by Gasteiger charge is -2.23. The van der Waals surface area contributed by atoms with Crippen LogP contribution in [0.4, 0.5) is 0 Å². The molecule has 0 heterocycles. The van der Waals surface area contributed by atoms with Crippen molar-refractivity contribution in [3.05, 3.63) is 12.2 Å². The van der Waals surface area contributed by atoms with E-state index in [2.05, 4.69) is 31.3 Å². The van der Waals surface area contributed by atoms with Gasteiger partial charge in [-0.15, -0.1) is 0 Å². The van der Waals surface area contributed by atoms with E-state index in [-0.39, 0.29) is 0 Å². The van der Waals surface area contributed by atoms with Crippen molar-refractivity contribution < 1.29 is 0 Å². The molecule has 0 radical (unpaired) electrons. The van der Waals surface area contributed by atoms with Crippen molar-refractivity contribution in [2.24, 2.45) is 0 Å². The van der Waals surface area contributed by atoms with E-state index in [1.54, 1.807) is 0 Å². The number of hydrogen-bond donors (Lipinski definition) is 1. The Bertz CT molecular complexity index is 140. The summed E-state index contributed by atoms with van der Waals surface area (Å²) in [6.45, 7) is 4.54. The molecule has 2 atom stereocenters. The molecule has 0 aliphatic heterocycles. The van der Waals surface area contributed by atoms with Crippen molar-refractivity contribution in [2.45, 2.75) is 58.0 Å². The van der Waals surface area contributed by atoms with E-state index >= 15 is 0 Å². The molecule has 1 heteroatoms. The summed E-state index contributed by atoms with van der Waals surface area (Å²) in [5.41, 5.74) is 0. The zero-order valence-corrected chi connectivity index (χ0v) is 8.34. The van der Waals surface area contributed by atoms with Crippen LogP contribution in [0, 0.1) is 0 Å². The number of nitrogens with one attached hydrogen (secondary N) is 1. The second kappa shape index (κ2) is 5.36. The average molecular weight is 167 g/mol. The van der Waals surface area contributed by atoms with Gasteiger partial charge in [-0.05, 0) is 32.6 Å². The van der Waals surface area contributed by atoms with E-state index in [1.807, 2.05) is 0 Å². The van der Waals surface area contributed by atoms with Gasteiger partial charge >= 0.3 is 0 Å². The Labute approximate surface area is 76.2 Å². The van der Waals surface area contributed by atoms with Crippen LogP contribution in [-0.4, -0.2) is 12.1 Å². The van der Waals surface area contributed by atoms with Gasteiger partial charge in [-0.2, -0.15) is 0 Å². The summed E-state index contributed by atoms with van der Waals surface area (Å²) >= 11 is 0. The molecule has 0 spiro atoms. The first-order valence-electron chi connectivity index (χ1n) is 5.24. The fraction of sp³-hybridized carbons (Fsp3) is 0.818. The van der Waals surface area contributed by atoms with Crippen LogP contribution in [0.25, 0.3) is 0 Å². The first-order chi connectivity index (χ1) is 5.83. The molecule has 0 aromatic heterocycles. The van der Waals surface area contributed by atoms with Crippen LogP contribution in [0.1, 0.15) is 46.0 Å². The summed E-state index contributed by atoms with van der Waals surface area (Å²) in [4.78, 5) is 0. The highest BCUT2D eigenvalue weighted by molar-refractivity contribution is 4.93. The molecule has 1 N–H and O–H groups in total. The predicted molar refractivity (Wildman–Crippen MR) is 54.3 cm³/mol. The molecule has 12 heavy (non-hydrogen) atoms. The van der Waals surface area contributed by atoms with Crippen molar-refractivity contribution >= 4 is 0 Å². The molecule has 2 unspecified atom stereocenters. The summed E-state index contributed by atoms with van der Waals surface area (Å²) in [6.07, 6.45) is 11.0. The van der Waals surface area contributed by atoms with Gasteiger partial charge in [-0.25, -0.2) is 0 Å². The molecule has 0 aromatic carbocycles. The topological polar surface area (TPSA) is 12.0 Å². The number of allylic oxidation sites excluding steroid dienone is 1. The second-order valence-electron chi connectivity index (χ2n) is 3.84. The van der Waals surface area contributed by atoms with Gasteiger partial charge in [-0.1, -0.05) is 25.5 Å². The summed E-state index contributed by atoms with van der Waals surface area (Å²) in [6, 6.07) is 1.45. The lowest BCUT2D eigenvalue weighted by Crippen LogP contribution is -2.36. The Morgan fingerprint density at radius 1 is 1.50 bits per heavy atom. The van der Waals surface area contributed by atoms with Gasteiger partial charge in [0.2, 0.25) is 0 Å². The monoisotopic (exact) mass is 167 g/mol. The standard InChI is InChI=1S/C11H21N/c1-3-7-10(2)12-11-8-5-4-6-9-11/h4-5,10-12H,3,6-9H2,1-2H3. The largest absolute Gasteiger partial charge is 0.311 e. The Hall–Kier alpha value is -0.300. The van der Waals surface area contributed by atoms with Crippen LogP contribution < -0.4 is 5.32 Å². The van der Waals surface area contributed by atoms with Gasteiger partial charge in [0.05, 0.1) is 0 Å². The van der Waals surface area contributed by atoms with E-state index in [0.29, 0.717) is 6.04 Å². The van der Waals surface area contributed by atoms with Crippen LogP contribution in [-0.2, 0) is 0 Å². The van der Waals surface area contributed by atoms with Gasteiger partial charge in [0.15, 0.2) is 0 Å². The Kier molecular flexibility index (Phi) is 4.37. The molecule has 70 valence electrons. The van der Waals surface area contributed by atoms with Gasteiger partial charge in [0.1, 0.15) is 0 Å². The summed E-state index contributed by atoms with van der Waals surface area (Å²) in [5.74, 6) is 0. The molecule has 1 rings (SSSR count). The lowest BCUT2D eigenvalue weighted by molar-refractivity contribution is 0.402. The Morgan fingerprint density at radius 2 is 2.33 bits per heavy atom. The van der Waals surface area contributed by atoms with Crippen molar-refractivity contribution in [1.82, 2.24) is 5.32 Å². The summed E-state index contributed by atoms with van der Waals surface area (Å²) in [5, 5.41) is 3.67. The fourth-order valence-corrected chi connectivity index (χ4v) is 1.86. The highest BCUT2D eigenvalue weighted by Crippen LogP contribution is 2.11. The highest BCUT2D eigenvalue weighted by atomic mass is 14.9. The van der Waals surface area contributed by atoms with Crippen LogP contribution in [0.5, 0.6) is 0 Å². The molecule has 1 aliphatic rings. The van der Waals surface area contributed by atoms with E-state index in [4.69, 9.17) is 0 Å². The fourth-order valence-electron chi connectivity index (χ4n) is 1.86. The van der Waals surface area contributed by atoms with E-state index < -0.39 is 0 Å². The molecular formula is C11H21N.